The fraction of sp³-hybridized carbons (Fsp3) is 0.400. The van der Waals surface area contributed by atoms with Gasteiger partial charge >= 0.3 is 5.97 Å². The largest absolute Gasteiger partial charge is 0.481 e. The first-order valence-electron chi connectivity index (χ1n) is 4.71. The smallest absolute Gasteiger partial charge is 0.309 e. The maximum absolute atomic E-state index is 10.6. The van der Waals surface area contributed by atoms with Crippen molar-refractivity contribution in [2.75, 3.05) is 13.1 Å². The molecule has 1 aliphatic rings. The van der Waals surface area contributed by atoms with Crippen molar-refractivity contribution in [3.05, 3.63) is 28.5 Å². The van der Waals surface area contributed by atoms with Crippen LogP contribution in [0.3, 0.4) is 0 Å². The van der Waals surface area contributed by atoms with Crippen LogP contribution in [-0.4, -0.2) is 34.0 Å². The molecule has 0 amide bonds. The summed E-state index contributed by atoms with van der Waals surface area (Å²) in [5.74, 6) is -0.898. The average molecular weight is 271 g/mol. The average Bonchev–Trinajstić information content (AvgIpc) is 2.10. The fourth-order valence-electron chi connectivity index (χ4n) is 1.62. The number of hydrogen-bond donors (Lipinski definition) is 1. The van der Waals surface area contributed by atoms with Crippen molar-refractivity contribution in [2.45, 2.75) is 6.54 Å². The van der Waals surface area contributed by atoms with E-state index in [1.807, 2.05) is 12.1 Å². The molecule has 15 heavy (non-hydrogen) atoms. The second kappa shape index (κ2) is 4.28. The van der Waals surface area contributed by atoms with Crippen molar-refractivity contribution in [1.29, 1.82) is 0 Å². The predicted molar refractivity (Wildman–Crippen MR) is 58.3 cm³/mol. The molecule has 0 atom stereocenters. The standard InChI is InChI=1S/C10H11BrN2O2/c11-8-1-2-12-9(3-8)6-13-4-7(5-13)10(14)15/h1-3,7H,4-6H2,(H,14,15). The van der Waals surface area contributed by atoms with E-state index in [-0.39, 0.29) is 5.92 Å². The van der Waals surface area contributed by atoms with Crippen molar-refractivity contribution < 1.29 is 9.90 Å². The Morgan fingerprint density at radius 2 is 2.40 bits per heavy atom. The lowest BCUT2D eigenvalue weighted by Crippen LogP contribution is -2.49. The molecule has 1 aromatic heterocycles. The number of hydrogen-bond acceptors (Lipinski definition) is 3. The number of likely N-dealkylation sites (tertiary alicyclic amines) is 1. The van der Waals surface area contributed by atoms with Crippen LogP contribution in [-0.2, 0) is 11.3 Å². The van der Waals surface area contributed by atoms with Gasteiger partial charge in [-0.25, -0.2) is 0 Å². The van der Waals surface area contributed by atoms with Crippen LogP contribution in [0.2, 0.25) is 0 Å². The lowest BCUT2D eigenvalue weighted by atomic mass is 10.0. The number of carboxylic acid groups (broad SMARTS) is 1. The van der Waals surface area contributed by atoms with E-state index in [2.05, 4.69) is 25.8 Å². The summed E-state index contributed by atoms with van der Waals surface area (Å²) in [6, 6.07) is 3.83. The van der Waals surface area contributed by atoms with Crippen LogP contribution < -0.4 is 0 Å². The third-order valence-electron chi connectivity index (χ3n) is 2.47. The monoisotopic (exact) mass is 270 g/mol. The number of carbonyl (C=O) groups is 1. The Labute approximate surface area is 96.1 Å². The Hall–Kier alpha value is -0.940. The van der Waals surface area contributed by atoms with Crippen molar-refractivity contribution in [3.8, 4) is 0 Å². The molecule has 2 heterocycles. The van der Waals surface area contributed by atoms with Gasteiger partial charge in [-0.2, -0.15) is 0 Å². The van der Waals surface area contributed by atoms with Gasteiger partial charge in [-0.05, 0) is 12.1 Å². The molecule has 0 spiro atoms. The third-order valence-corrected chi connectivity index (χ3v) is 2.96. The third kappa shape index (κ3) is 2.54. The molecule has 0 bridgehead atoms. The van der Waals surface area contributed by atoms with Crippen molar-refractivity contribution in [1.82, 2.24) is 9.88 Å². The predicted octanol–water partition coefficient (Wildman–Crippen LogP) is 1.36. The Kier molecular flexibility index (Phi) is 3.02. The van der Waals surface area contributed by atoms with E-state index >= 15 is 0 Å². The first-order valence-corrected chi connectivity index (χ1v) is 5.50. The minimum atomic E-state index is -0.701. The molecule has 1 fully saturated rings. The number of pyridine rings is 1. The summed E-state index contributed by atoms with van der Waals surface area (Å²) in [5, 5.41) is 8.71. The zero-order chi connectivity index (χ0) is 10.8. The van der Waals surface area contributed by atoms with Crippen LogP contribution >= 0.6 is 15.9 Å². The van der Waals surface area contributed by atoms with Crippen molar-refractivity contribution >= 4 is 21.9 Å². The Morgan fingerprint density at radius 3 is 3.00 bits per heavy atom. The quantitative estimate of drug-likeness (QED) is 0.901. The molecule has 5 heteroatoms. The van der Waals surface area contributed by atoms with Gasteiger partial charge in [0.05, 0.1) is 11.6 Å². The summed E-state index contributed by atoms with van der Waals surface area (Å²) in [4.78, 5) is 16.9. The summed E-state index contributed by atoms with van der Waals surface area (Å²) in [5.41, 5.74) is 0.966. The van der Waals surface area contributed by atoms with E-state index in [9.17, 15) is 4.79 Å². The summed E-state index contributed by atoms with van der Waals surface area (Å²) in [6.45, 7) is 1.98. The van der Waals surface area contributed by atoms with Crippen LogP contribution in [0.25, 0.3) is 0 Å². The molecule has 0 unspecified atom stereocenters. The van der Waals surface area contributed by atoms with Gasteiger partial charge in [0.2, 0.25) is 0 Å². The highest BCUT2D eigenvalue weighted by Crippen LogP contribution is 2.19. The number of carboxylic acids is 1. The Bertz CT molecular complexity index is 377. The number of halogens is 1. The molecule has 1 aromatic rings. The van der Waals surface area contributed by atoms with E-state index in [4.69, 9.17) is 5.11 Å². The topological polar surface area (TPSA) is 53.4 Å². The maximum atomic E-state index is 10.6. The van der Waals surface area contributed by atoms with Gasteiger partial charge in [0.25, 0.3) is 0 Å². The lowest BCUT2D eigenvalue weighted by Gasteiger charge is -2.36. The van der Waals surface area contributed by atoms with Gasteiger partial charge in [0.1, 0.15) is 0 Å². The van der Waals surface area contributed by atoms with Gasteiger partial charge in [-0.3, -0.25) is 14.7 Å². The molecule has 0 radical (unpaired) electrons. The summed E-state index contributed by atoms with van der Waals surface area (Å²) in [6.07, 6.45) is 1.74. The highest BCUT2D eigenvalue weighted by molar-refractivity contribution is 9.10. The Balaban J connectivity index is 1.87. The summed E-state index contributed by atoms with van der Waals surface area (Å²) >= 11 is 3.37. The Morgan fingerprint density at radius 1 is 1.67 bits per heavy atom. The molecular weight excluding hydrogens is 260 g/mol. The van der Waals surface area contributed by atoms with Crippen LogP contribution in [0.1, 0.15) is 5.69 Å². The van der Waals surface area contributed by atoms with Crippen molar-refractivity contribution in [3.63, 3.8) is 0 Å². The molecule has 1 aliphatic heterocycles. The van der Waals surface area contributed by atoms with Gasteiger partial charge in [0.15, 0.2) is 0 Å². The van der Waals surface area contributed by atoms with Gasteiger partial charge in [0, 0.05) is 30.3 Å². The fourth-order valence-corrected chi connectivity index (χ4v) is 2.00. The second-order valence-corrected chi connectivity index (χ2v) is 4.61. The molecule has 80 valence electrons. The molecule has 0 saturated carbocycles. The molecule has 2 rings (SSSR count). The van der Waals surface area contributed by atoms with E-state index in [0.717, 1.165) is 16.7 Å². The van der Waals surface area contributed by atoms with Crippen molar-refractivity contribution in [2.24, 2.45) is 5.92 Å². The van der Waals surface area contributed by atoms with Gasteiger partial charge < -0.3 is 5.11 Å². The zero-order valence-corrected chi connectivity index (χ0v) is 9.64. The second-order valence-electron chi connectivity index (χ2n) is 3.69. The maximum Gasteiger partial charge on any atom is 0.309 e. The van der Waals surface area contributed by atoms with E-state index < -0.39 is 5.97 Å². The van der Waals surface area contributed by atoms with Crippen LogP contribution in [0.4, 0.5) is 0 Å². The molecule has 4 nitrogen and oxygen atoms in total. The number of aromatic nitrogens is 1. The first-order chi connectivity index (χ1) is 7.15. The number of aliphatic carboxylic acids is 1. The molecule has 0 aromatic carbocycles. The minimum absolute atomic E-state index is 0.197. The molecule has 1 saturated heterocycles. The number of nitrogens with zero attached hydrogens (tertiary/aromatic N) is 2. The molecule has 0 aliphatic carbocycles. The highest BCUT2D eigenvalue weighted by Gasteiger charge is 2.32. The SMILES string of the molecule is O=C(O)C1CN(Cc2cc(Br)ccn2)C1. The lowest BCUT2D eigenvalue weighted by molar-refractivity contribution is -0.147. The normalized spacial score (nSPS) is 17.4. The van der Waals surface area contributed by atoms with Crippen LogP contribution in [0.15, 0.2) is 22.8 Å². The van der Waals surface area contributed by atoms with Crippen LogP contribution in [0.5, 0.6) is 0 Å². The van der Waals surface area contributed by atoms with E-state index in [1.54, 1.807) is 6.20 Å². The summed E-state index contributed by atoms with van der Waals surface area (Å²) < 4.78 is 1.00. The van der Waals surface area contributed by atoms with Crippen LogP contribution in [0, 0.1) is 5.92 Å². The van der Waals surface area contributed by atoms with Gasteiger partial charge in [-0.1, -0.05) is 15.9 Å². The van der Waals surface area contributed by atoms with E-state index in [0.29, 0.717) is 13.1 Å². The minimum Gasteiger partial charge on any atom is -0.481 e. The van der Waals surface area contributed by atoms with Gasteiger partial charge in [-0.15, -0.1) is 0 Å². The molecule has 1 N–H and O–H groups in total. The number of rotatable bonds is 3. The first kappa shape index (κ1) is 10.6. The highest BCUT2D eigenvalue weighted by atomic mass is 79.9. The summed E-state index contributed by atoms with van der Waals surface area (Å²) in [7, 11) is 0. The van der Waals surface area contributed by atoms with E-state index in [1.165, 1.54) is 0 Å². The zero-order valence-electron chi connectivity index (χ0n) is 8.06. The molecular formula is C10H11BrN2O2.